The van der Waals surface area contributed by atoms with E-state index in [4.69, 9.17) is 0 Å². The van der Waals surface area contributed by atoms with E-state index in [1.54, 1.807) is 35.1 Å². The Morgan fingerprint density at radius 2 is 2.07 bits per heavy atom. The molecule has 1 atom stereocenters. The van der Waals surface area contributed by atoms with Crippen molar-refractivity contribution in [3.05, 3.63) is 82.8 Å². The zero-order valence-corrected chi connectivity index (χ0v) is 15.3. The van der Waals surface area contributed by atoms with Gasteiger partial charge in [0.15, 0.2) is 0 Å². The van der Waals surface area contributed by atoms with Crippen molar-refractivity contribution in [2.24, 2.45) is 0 Å². The van der Waals surface area contributed by atoms with Crippen molar-refractivity contribution in [1.29, 1.82) is 0 Å². The highest BCUT2D eigenvalue weighted by atomic mass is 19.1. The summed E-state index contributed by atoms with van der Waals surface area (Å²) in [6.07, 6.45) is 1.77. The summed E-state index contributed by atoms with van der Waals surface area (Å²) in [4.78, 5) is 24.7. The van der Waals surface area contributed by atoms with Crippen LogP contribution in [0.2, 0.25) is 0 Å². The molecule has 1 aliphatic heterocycles. The molecule has 2 N–H and O–H groups in total. The van der Waals surface area contributed by atoms with Gasteiger partial charge in [-0.3, -0.25) is 9.59 Å². The Bertz CT molecular complexity index is 1060. The van der Waals surface area contributed by atoms with Crippen LogP contribution in [0.3, 0.4) is 0 Å². The van der Waals surface area contributed by atoms with Crippen molar-refractivity contribution in [1.82, 2.24) is 15.1 Å². The van der Waals surface area contributed by atoms with Crippen molar-refractivity contribution in [3.8, 4) is 0 Å². The first-order valence-corrected chi connectivity index (χ1v) is 8.98. The van der Waals surface area contributed by atoms with Crippen molar-refractivity contribution in [3.63, 3.8) is 0 Å². The second-order valence-electron chi connectivity index (χ2n) is 6.83. The Labute approximate surface area is 161 Å². The molecule has 0 radical (unpaired) electrons. The van der Waals surface area contributed by atoms with E-state index in [2.05, 4.69) is 15.7 Å². The topological polar surface area (TPSA) is 76.0 Å². The first-order valence-electron chi connectivity index (χ1n) is 8.98. The standard InChI is InChI=1S/C21H19FN4O2/c1-13-11-23-26(12-14-5-4-6-15(22)9-14)20(13)25-19(27)10-18-16-7-2-3-8-17(16)21(28)24-18/h2-9,11,18H,10,12H2,1H3,(H,24,28)(H,25,27)/t18-/m0/s1. The molecule has 28 heavy (non-hydrogen) atoms. The second kappa shape index (κ2) is 7.26. The minimum absolute atomic E-state index is 0.118. The number of halogens is 1. The third kappa shape index (κ3) is 3.51. The molecule has 4 rings (SSSR count). The van der Waals surface area contributed by atoms with E-state index >= 15 is 0 Å². The summed E-state index contributed by atoms with van der Waals surface area (Å²) in [5.41, 5.74) is 2.98. The Hall–Kier alpha value is -3.48. The number of amides is 2. The lowest BCUT2D eigenvalue weighted by atomic mass is 10.0. The SMILES string of the molecule is Cc1cnn(Cc2cccc(F)c2)c1NC(=O)C[C@@H]1NC(=O)c2ccccc21. The lowest BCUT2D eigenvalue weighted by molar-refractivity contribution is -0.116. The van der Waals surface area contributed by atoms with Gasteiger partial charge in [0, 0.05) is 11.1 Å². The molecule has 2 aromatic carbocycles. The van der Waals surface area contributed by atoms with Crippen molar-refractivity contribution in [2.45, 2.75) is 25.9 Å². The van der Waals surface area contributed by atoms with Crippen LogP contribution in [0.25, 0.3) is 0 Å². The number of rotatable bonds is 5. The van der Waals surface area contributed by atoms with Crippen LogP contribution < -0.4 is 10.6 Å². The average Bonchev–Trinajstić information content (AvgIpc) is 3.16. The number of aromatic nitrogens is 2. The highest BCUT2D eigenvalue weighted by Crippen LogP contribution is 2.28. The predicted molar refractivity (Wildman–Crippen MR) is 102 cm³/mol. The number of hydrogen-bond donors (Lipinski definition) is 2. The average molecular weight is 378 g/mol. The first kappa shape index (κ1) is 17.9. The van der Waals surface area contributed by atoms with Crippen LogP contribution in [0.15, 0.2) is 54.7 Å². The number of carbonyl (C=O) groups excluding carboxylic acids is 2. The number of hydrogen-bond acceptors (Lipinski definition) is 3. The van der Waals surface area contributed by atoms with E-state index < -0.39 is 0 Å². The summed E-state index contributed by atoms with van der Waals surface area (Å²) >= 11 is 0. The van der Waals surface area contributed by atoms with Crippen LogP contribution in [0.1, 0.15) is 39.5 Å². The lowest BCUT2D eigenvalue weighted by Gasteiger charge is -2.14. The van der Waals surface area contributed by atoms with E-state index in [0.717, 1.165) is 16.7 Å². The number of carbonyl (C=O) groups is 2. The van der Waals surface area contributed by atoms with Gasteiger partial charge in [-0.25, -0.2) is 9.07 Å². The number of nitrogens with zero attached hydrogens (tertiary/aromatic N) is 2. The molecular weight excluding hydrogens is 359 g/mol. The quantitative estimate of drug-likeness (QED) is 0.716. The molecule has 7 heteroatoms. The zero-order chi connectivity index (χ0) is 19.7. The smallest absolute Gasteiger partial charge is 0.252 e. The maximum atomic E-state index is 13.4. The van der Waals surface area contributed by atoms with Gasteiger partial charge in [0.1, 0.15) is 11.6 Å². The molecule has 142 valence electrons. The predicted octanol–water partition coefficient (Wildman–Crippen LogP) is 3.19. The molecular formula is C21H19FN4O2. The monoisotopic (exact) mass is 378 g/mol. The van der Waals surface area contributed by atoms with E-state index in [1.807, 2.05) is 19.1 Å². The molecule has 0 spiro atoms. The van der Waals surface area contributed by atoms with Crippen LogP contribution in [0, 0.1) is 12.7 Å². The maximum Gasteiger partial charge on any atom is 0.252 e. The van der Waals surface area contributed by atoms with Gasteiger partial charge >= 0.3 is 0 Å². The molecule has 3 aromatic rings. The van der Waals surface area contributed by atoms with Crippen LogP contribution in [0.4, 0.5) is 10.2 Å². The fraction of sp³-hybridized carbons (Fsp3) is 0.190. The second-order valence-corrected chi connectivity index (χ2v) is 6.83. The number of aryl methyl sites for hydroxylation is 1. The number of fused-ring (bicyclic) bond motifs is 1. The van der Waals surface area contributed by atoms with Gasteiger partial charge in [0.05, 0.1) is 25.2 Å². The third-order valence-corrected chi connectivity index (χ3v) is 4.78. The molecule has 0 saturated heterocycles. The highest BCUT2D eigenvalue weighted by Gasteiger charge is 2.29. The fourth-order valence-corrected chi connectivity index (χ4v) is 3.42. The summed E-state index contributed by atoms with van der Waals surface area (Å²) in [6, 6.07) is 13.2. The Balaban J connectivity index is 1.48. The van der Waals surface area contributed by atoms with Gasteiger partial charge < -0.3 is 10.6 Å². The van der Waals surface area contributed by atoms with Gasteiger partial charge in [0.25, 0.3) is 5.91 Å². The zero-order valence-electron chi connectivity index (χ0n) is 15.3. The Morgan fingerprint density at radius 1 is 1.25 bits per heavy atom. The fourth-order valence-electron chi connectivity index (χ4n) is 3.42. The molecule has 0 fully saturated rings. The molecule has 0 unspecified atom stereocenters. The normalized spacial score (nSPS) is 15.2. The van der Waals surface area contributed by atoms with Gasteiger partial charge in [-0.05, 0) is 36.2 Å². The molecule has 0 aliphatic carbocycles. The third-order valence-electron chi connectivity index (χ3n) is 4.78. The summed E-state index contributed by atoms with van der Waals surface area (Å²) in [5.74, 6) is -0.152. The van der Waals surface area contributed by atoms with Gasteiger partial charge in [-0.2, -0.15) is 5.10 Å². The highest BCUT2D eigenvalue weighted by molar-refractivity contribution is 6.00. The van der Waals surface area contributed by atoms with Crippen molar-refractivity contribution < 1.29 is 14.0 Å². The van der Waals surface area contributed by atoms with E-state index in [0.29, 0.717) is 17.9 Å². The van der Waals surface area contributed by atoms with Crippen LogP contribution >= 0.6 is 0 Å². The number of anilines is 1. The lowest BCUT2D eigenvalue weighted by Crippen LogP contribution is -2.25. The van der Waals surface area contributed by atoms with Crippen molar-refractivity contribution in [2.75, 3.05) is 5.32 Å². The van der Waals surface area contributed by atoms with Gasteiger partial charge in [-0.15, -0.1) is 0 Å². The number of nitrogens with one attached hydrogen (secondary N) is 2. The molecule has 2 heterocycles. The molecule has 0 saturated carbocycles. The molecule has 2 amide bonds. The summed E-state index contributed by atoms with van der Waals surface area (Å²) in [7, 11) is 0. The van der Waals surface area contributed by atoms with Crippen LogP contribution in [-0.2, 0) is 11.3 Å². The molecule has 6 nitrogen and oxygen atoms in total. The minimum Gasteiger partial charge on any atom is -0.345 e. The Kier molecular flexibility index (Phi) is 4.65. The molecule has 0 bridgehead atoms. The first-order chi connectivity index (χ1) is 13.5. The van der Waals surface area contributed by atoms with E-state index in [9.17, 15) is 14.0 Å². The summed E-state index contributed by atoms with van der Waals surface area (Å²) in [5, 5.41) is 10.0. The molecule has 1 aliphatic rings. The molecule has 1 aromatic heterocycles. The van der Waals surface area contributed by atoms with Crippen LogP contribution in [0.5, 0.6) is 0 Å². The summed E-state index contributed by atoms with van der Waals surface area (Å²) in [6.45, 7) is 2.18. The van der Waals surface area contributed by atoms with Gasteiger partial charge in [-0.1, -0.05) is 30.3 Å². The summed E-state index contributed by atoms with van der Waals surface area (Å²) < 4.78 is 15.1. The minimum atomic E-state index is -0.358. The maximum absolute atomic E-state index is 13.4. The van der Waals surface area contributed by atoms with Crippen molar-refractivity contribution >= 4 is 17.6 Å². The van der Waals surface area contributed by atoms with Gasteiger partial charge in [0.2, 0.25) is 5.91 Å². The van der Waals surface area contributed by atoms with Crippen LogP contribution in [-0.4, -0.2) is 21.6 Å². The van der Waals surface area contributed by atoms with E-state index in [1.165, 1.54) is 12.1 Å². The largest absolute Gasteiger partial charge is 0.345 e. The van der Waals surface area contributed by atoms with E-state index in [-0.39, 0.29) is 30.1 Å². The Morgan fingerprint density at radius 3 is 2.89 bits per heavy atom. The number of benzene rings is 2.